The van der Waals surface area contributed by atoms with Crippen molar-refractivity contribution in [2.45, 2.75) is 26.7 Å². The Balaban J connectivity index is 1.62. The fourth-order valence-corrected chi connectivity index (χ4v) is 2.75. The van der Waals surface area contributed by atoms with Crippen LogP contribution in [0.4, 0.5) is 0 Å². The summed E-state index contributed by atoms with van der Waals surface area (Å²) in [5.74, 6) is -0.510. The Labute approximate surface area is 164 Å². The molecular formula is C19H26N4O5. The van der Waals surface area contributed by atoms with Crippen LogP contribution in [0.25, 0.3) is 0 Å². The van der Waals surface area contributed by atoms with Crippen molar-refractivity contribution >= 4 is 23.6 Å². The maximum Gasteiger partial charge on any atom is 0.276 e. The van der Waals surface area contributed by atoms with Gasteiger partial charge in [0.25, 0.3) is 5.91 Å². The molecule has 1 aliphatic heterocycles. The predicted molar refractivity (Wildman–Crippen MR) is 101 cm³/mol. The molecule has 1 aliphatic rings. The fraction of sp³-hybridized carbons (Fsp3) is 0.474. The van der Waals surface area contributed by atoms with Crippen molar-refractivity contribution < 1.29 is 23.9 Å². The van der Waals surface area contributed by atoms with Gasteiger partial charge in [0.05, 0.1) is 0 Å². The lowest BCUT2D eigenvalue weighted by Gasteiger charge is -2.34. The summed E-state index contributed by atoms with van der Waals surface area (Å²) in [5, 5.41) is 0. The molecule has 0 atom stereocenters. The number of aryl methyl sites for hydroxylation is 1. The van der Waals surface area contributed by atoms with Gasteiger partial charge in [0.15, 0.2) is 6.61 Å². The van der Waals surface area contributed by atoms with Crippen molar-refractivity contribution in [3.63, 3.8) is 0 Å². The third kappa shape index (κ3) is 6.57. The molecule has 4 amide bonds. The highest BCUT2D eigenvalue weighted by atomic mass is 16.5. The number of amides is 4. The molecule has 9 heteroatoms. The van der Waals surface area contributed by atoms with E-state index in [0.717, 1.165) is 5.56 Å². The van der Waals surface area contributed by atoms with Crippen LogP contribution in [0.2, 0.25) is 0 Å². The molecule has 0 bridgehead atoms. The molecule has 0 saturated carbocycles. The molecule has 1 aromatic carbocycles. The average Bonchev–Trinajstić information content (AvgIpc) is 2.69. The van der Waals surface area contributed by atoms with E-state index in [2.05, 4.69) is 10.9 Å². The van der Waals surface area contributed by atoms with Gasteiger partial charge in [0.2, 0.25) is 17.7 Å². The van der Waals surface area contributed by atoms with Crippen molar-refractivity contribution in [3.05, 3.63) is 29.8 Å². The van der Waals surface area contributed by atoms with Gasteiger partial charge in [-0.1, -0.05) is 18.2 Å². The molecule has 1 aromatic rings. The number of carbonyl (C=O) groups is 4. The van der Waals surface area contributed by atoms with E-state index in [9.17, 15) is 19.2 Å². The molecule has 1 heterocycles. The molecule has 1 fully saturated rings. The van der Waals surface area contributed by atoms with Crippen LogP contribution in [0.3, 0.4) is 0 Å². The van der Waals surface area contributed by atoms with Gasteiger partial charge < -0.3 is 14.5 Å². The monoisotopic (exact) mass is 390 g/mol. The third-order valence-corrected chi connectivity index (χ3v) is 4.44. The summed E-state index contributed by atoms with van der Waals surface area (Å²) >= 11 is 0. The molecule has 152 valence electrons. The minimum absolute atomic E-state index is 0.00590. The number of para-hydroxylation sites is 1. The second-order valence-corrected chi connectivity index (χ2v) is 6.54. The molecule has 0 aliphatic carbocycles. The van der Waals surface area contributed by atoms with Crippen LogP contribution in [-0.2, 0) is 19.2 Å². The van der Waals surface area contributed by atoms with Crippen LogP contribution in [0, 0.1) is 6.92 Å². The SMILES string of the molecule is CC(=O)N1CCN(C(=O)CCC(=O)NNC(=O)COc2ccccc2C)CC1. The Bertz CT molecular complexity index is 729. The van der Waals surface area contributed by atoms with Crippen molar-refractivity contribution in [3.8, 4) is 5.75 Å². The van der Waals surface area contributed by atoms with E-state index in [1.165, 1.54) is 6.92 Å². The normalized spacial score (nSPS) is 13.6. The quantitative estimate of drug-likeness (QED) is 0.665. The zero-order chi connectivity index (χ0) is 20.5. The van der Waals surface area contributed by atoms with Crippen molar-refractivity contribution in [2.24, 2.45) is 0 Å². The number of ether oxygens (including phenoxy) is 1. The fourth-order valence-electron chi connectivity index (χ4n) is 2.75. The first-order valence-corrected chi connectivity index (χ1v) is 9.16. The first-order valence-electron chi connectivity index (χ1n) is 9.16. The summed E-state index contributed by atoms with van der Waals surface area (Å²) in [6.07, 6.45) is 0.00612. The Morgan fingerprint density at radius 3 is 2.18 bits per heavy atom. The van der Waals surface area contributed by atoms with Gasteiger partial charge in [-0.05, 0) is 18.6 Å². The van der Waals surface area contributed by atoms with Gasteiger partial charge in [-0.25, -0.2) is 0 Å². The summed E-state index contributed by atoms with van der Waals surface area (Å²) < 4.78 is 5.38. The van der Waals surface area contributed by atoms with E-state index in [4.69, 9.17) is 4.74 Å². The Morgan fingerprint density at radius 2 is 1.54 bits per heavy atom. The van der Waals surface area contributed by atoms with E-state index < -0.39 is 11.8 Å². The van der Waals surface area contributed by atoms with Crippen molar-refractivity contribution in [2.75, 3.05) is 32.8 Å². The minimum atomic E-state index is -0.497. The third-order valence-electron chi connectivity index (χ3n) is 4.44. The van der Waals surface area contributed by atoms with Gasteiger partial charge in [0, 0.05) is 45.9 Å². The predicted octanol–water partition coefficient (Wildman–Crippen LogP) is -0.00788. The number of piperazine rings is 1. The summed E-state index contributed by atoms with van der Waals surface area (Å²) in [5.41, 5.74) is 5.44. The number of nitrogens with zero attached hydrogens (tertiary/aromatic N) is 2. The molecular weight excluding hydrogens is 364 g/mol. The second kappa shape index (κ2) is 10.3. The molecule has 2 rings (SSSR count). The molecule has 0 unspecified atom stereocenters. The number of hydrogen-bond acceptors (Lipinski definition) is 5. The smallest absolute Gasteiger partial charge is 0.276 e. The van der Waals surface area contributed by atoms with Gasteiger partial charge in [-0.3, -0.25) is 30.0 Å². The van der Waals surface area contributed by atoms with Crippen LogP contribution in [-0.4, -0.2) is 66.2 Å². The van der Waals surface area contributed by atoms with Crippen molar-refractivity contribution in [1.29, 1.82) is 0 Å². The maximum absolute atomic E-state index is 12.1. The standard InChI is InChI=1S/C19H26N4O5/c1-14-5-3-4-6-16(14)28-13-18(26)21-20-17(25)7-8-19(27)23-11-9-22(10-12-23)15(2)24/h3-6H,7-13H2,1-2H3,(H,20,25)(H,21,26). The lowest BCUT2D eigenvalue weighted by molar-refractivity contribution is -0.139. The number of carbonyl (C=O) groups excluding carboxylic acids is 4. The summed E-state index contributed by atoms with van der Waals surface area (Å²) in [7, 11) is 0. The van der Waals surface area contributed by atoms with Gasteiger partial charge in [-0.15, -0.1) is 0 Å². The highest BCUT2D eigenvalue weighted by Gasteiger charge is 2.22. The summed E-state index contributed by atoms with van der Waals surface area (Å²) in [6.45, 7) is 5.08. The number of benzene rings is 1. The van der Waals surface area contributed by atoms with Crippen LogP contribution in [0.5, 0.6) is 5.75 Å². The van der Waals surface area contributed by atoms with Crippen molar-refractivity contribution in [1.82, 2.24) is 20.7 Å². The lowest BCUT2D eigenvalue weighted by atomic mass is 10.2. The molecule has 2 N–H and O–H groups in total. The number of hydrogen-bond donors (Lipinski definition) is 2. The molecule has 1 saturated heterocycles. The number of hydrazine groups is 1. The van der Waals surface area contributed by atoms with Gasteiger partial charge in [0.1, 0.15) is 5.75 Å². The number of nitrogens with one attached hydrogen (secondary N) is 2. The Morgan fingerprint density at radius 1 is 0.929 bits per heavy atom. The van der Waals surface area contributed by atoms with Crippen LogP contribution in [0.1, 0.15) is 25.3 Å². The van der Waals surface area contributed by atoms with Gasteiger partial charge in [-0.2, -0.15) is 0 Å². The van der Waals surface area contributed by atoms with E-state index in [1.807, 2.05) is 19.1 Å². The first-order chi connectivity index (χ1) is 13.4. The Kier molecular flexibility index (Phi) is 7.79. The molecule has 0 radical (unpaired) electrons. The second-order valence-electron chi connectivity index (χ2n) is 6.54. The van der Waals surface area contributed by atoms with Crippen LogP contribution >= 0.6 is 0 Å². The zero-order valence-electron chi connectivity index (χ0n) is 16.2. The molecule has 0 spiro atoms. The van der Waals surface area contributed by atoms with E-state index in [0.29, 0.717) is 31.9 Å². The number of rotatable bonds is 6. The average molecular weight is 390 g/mol. The van der Waals surface area contributed by atoms with Gasteiger partial charge >= 0.3 is 0 Å². The molecule has 28 heavy (non-hydrogen) atoms. The highest BCUT2D eigenvalue weighted by Crippen LogP contribution is 2.15. The maximum atomic E-state index is 12.1. The highest BCUT2D eigenvalue weighted by molar-refractivity contribution is 5.86. The van der Waals surface area contributed by atoms with E-state index >= 15 is 0 Å². The topological polar surface area (TPSA) is 108 Å². The molecule has 9 nitrogen and oxygen atoms in total. The Hall–Kier alpha value is -3.10. The largest absolute Gasteiger partial charge is 0.483 e. The first kappa shape index (κ1) is 21.2. The summed E-state index contributed by atoms with van der Waals surface area (Å²) in [6, 6.07) is 7.29. The minimum Gasteiger partial charge on any atom is -0.483 e. The summed E-state index contributed by atoms with van der Waals surface area (Å²) in [4.78, 5) is 50.3. The van der Waals surface area contributed by atoms with Crippen LogP contribution in [0.15, 0.2) is 24.3 Å². The zero-order valence-corrected chi connectivity index (χ0v) is 16.2. The lowest BCUT2D eigenvalue weighted by Crippen LogP contribution is -2.50. The van der Waals surface area contributed by atoms with E-state index in [1.54, 1.807) is 21.9 Å². The van der Waals surface area contributed by atoms with E-state index in [-0.39, 0.29) is 31.3 Å². The molecule has 0 aromatic heterocycles. The van der Waals surface area contributed by atoms with Crippen LogP contribution < -0.4 is 15.6 Å².